The molecule has 1 aromatic carbocycles. The van der Waals surface area contributed by atoms with Crippen LogP contribution in [0.1, 0.15) is 30.5 Å². The van der Waals surface area contributed by atoms with Crippen LogP contribution in [0.5, 0.6) is 0 Å². The Morgan fingerprint density at radius 3 is 2.80 bits per heavy atom. The second-order valence-electron chi connectivity index (χ2n) is 4.00. The zero-order valence-electron chi connectivity index (χ0n) is 9.41. The second kappa shape index (κ2) is 4.06. The smallest absolute Gasteiger partial charge is 0.0587 e. The molecular weight excluding hydrogens is 206 g/mol. The number of hydrogen-bond donors (Lipinski definition) is 1. The van der Waals surface area contributed by atoms with Crippen LogP contribution in [0, 0.1) is 6.92 Å². The molecule has 1 aliphatic rings. The molecule has 2 nitrogen and oxygen atoms in total. The molecule has 1 N–H and O–H groups in total. The standard InChI is InChI=1S/C12H17NOS/c1-4-10-11(13-3)9-7-5-6-8(2)12(9)15(10)14/h5-7,10-11,13H,4H2,1-3H3. The molecule has 82 valence electrons. The Morgan fingerprint density at radius 1 is 1.47 bits per heavy atom. The van der Waals surface area contributed by atoms with E-state index in [2.05, 4.69) is 18.3 Å². The van der Waals surface area contributed by atoms with Gasteiger partial charge in [0, 0.05) is 10.9 Å². The zero-order valence-corrected chi connectivity index (χ0v) is 10.2. The summed E-state index contributed by atoms with van der Waals surface area (Å²) in [6, 6.07) is 6.44. The van der Waals surface area contributed by atoms with E-state index in [1.165, 1.54) is 5.56 Å². The molecule has 0 bridgehead atoms. The lowest BCUT2D eigenvalue weighted by Crippen LogP contribution is -2.26. The molecule has 3 heteroatoms. The van der Waals surface area contributed by atoms with E-state index in [-0.39, 0.29) is 11.3 Å². The second-order valence-corrected chi connectivity index (χ2v) is 5.61. The molecule has 1 heterocycles. The maximum absolute atomic E-state index is 12.3. The fourth-order valence-corrected chi connectivity index (χ4v) is 4.35. The van der Waals surface area contributed by atoms with Crippen molar-refractivity contribution in [1.82, 2.24) is 5.32 Å². The summed E-state index contributed by atoms with van der Waals surface area (Å²) < 4.78 is 12.3. The number of rotatable bonds is 2. The Bertz CT molecular complexity index is 403. The number of aryl methyl sites for hydroxylation is 1. The highest BCUT2D eigenvalue weighted by molar-refractivity contribution is 7.86. The topological polar surface area (TPSA) is 29.1 Å². The number of hydrogen-bond acceptors (Lipinski definition) is 2. The first-order chi connectivity index (χ1) is 7.20. The third kappa shape index (κ3) is 1.54. The van der Waals surface area contributed by atoms with Gasteiger partial charge < -0.3 is 5.32 Å². The number of fused-ring (bicyclic) bond motifs is 1. The molecule has 0 aliphatic carbocycles. The van der Waals surface area contributed by atoms with E-state index in [0.717, 1.165) is 16.9 Å². The predicted molar refractivity (Wildman–Crippen MR) is 63.5 cm³/mol. The lowest BCUT2D eigenvalue weighted by Gasteiger charge is -2.16. The molecule has 3 atom stereocenters. The van der Waals surface area contributed by atoms with E-state index >= 15 is 0 Å². The van der Waals surface area contributed by atoms with Crippen LogP contribution in [0.2, 0.25) is 0 Å². The Kier molecular flexibility index (Phi) is 2.94. The molecule has 0 radical (unpaired) electrons. The first-order valence-corrected chi connectivity index (χ1v) is 6.59. The highest BCUT2D eigenvalue weighted by Gasteiger charge is 2.37. The summed E-state index contributed by atoms with van der Waals surface area (Å²) >= 11 is 0. The molecule has 15 heavy (non-hydrogen) atoms. The molecule has 0 fully saturated rings. The third-order valence-electron chi connectivity index (χ3n) is 3.14. The van der Waals surface area contributed by atoms with E-state index < -0.39 is 10.8 Å². The van der Waals surface area contributed by atoms with Crippen molar-refractivity contribution >= 4 is 10.8 Å². The van der Waals surface area contributed by atoms with Crippen LogP contribution in [0.4, 0.5) is 0 Å². The van der Waals surface area contributed by atoms with E-state index in [1.54, 1.807) is 0 Å². The summed E-state index contributed by atoms with van der Waals surface area (Å²) in [4.78, 5) is 1.06. The lowest BCUT2D eigenvalue weighted by atomic mass is 10.0. The van der Waals surface area contributed by atoms with Crippen molar-refractivity contribution in [1.29, 1.82) is 0 Å². The third-order valence-corrected chi connectivity index (χ3v) is 5.25. The first kappa shape index (κ1) is 10.8. The maximum Gasteiger partial charge on any atom is 0.0587 e. The van der Waals surface area contributed by atoms with Gasteiger partial charge in [-0.15, -0.1) is 0 Å². The fourth-order valence-electron chi connectivity index (χ4n) is 2.40. The van der Waals surface area contributed by atoms with Gasteiger partial charge in [-0.3, -0.25) is 4.21 Å². The molecule has 2 rings (SSSR count). The molecule has 0 aromatic heterocycles. The van der Waals surface area contributed by atoms with Crippen LogP contribution < -0.4 is 5.32 Å². The molecule has 0 spiro atoms. The van der Waals surface area contributed by atoms with E-state index in [9.17, 15) is 4.21 Å². The summed E-state index contributed by atoms with van der Waals surface area (Å²) in [6.07, 6.45) is 0.951. The minimum atomic E-state index is -0.840. The maximum atomic E-state index is 12.3. The van der Waals surface area contributed by atoms with Gasteiger partial charge in [-0.05, 0) is 31.5 Å². The van der Waals surface area contributed by atoms with E-state index in [4.69, 9.17) is 0 Å². The molecular formula is C12H17NOS. The zero-order chi connectivity index (χ0) is 11.0. The van der Waals surface area contributed by atoms with Crippen LogP contribution in [-0.4, -0.2) is 16.5 Å². The largest absolute Gasteiger partial charge is 0.312 e. The van der Waals surface area contributed by atoms with Crippen molar-refractivity contribution < 1.29 is 4.21 Å². The van der Waals surface area contributed by atoms with Gasteiger partial charge in [0.25, 0.3) is 0 Å². The van der Waals surface area contributed by atoms with Crippen molar-refractivity contribution in [3.05, 3.63) is 29.3 Å². The first-order valence-electron chi connectivity index (χ1n) is 5.38. The number of benzene rings is 1. The summed E-state index contributed by atoms with van der Waals surface area (Å²) in [5.74, 6) is 0. The Labute approximate surface area is 93.5 Å². The van der Waals surface area contributed by atoms with E-state index in [1.807, 2.05) is 26.1 Å². The monoisotopic (exact) mass is 223 g/mol. The number of nitrogens with one attached hydrogen (secondary N) is 1. The minimum Gasteiger partial charge on any atom is -0.312 e. The molecule has 1 aromatic rings. The van der Waals surface area contributed by atoms with Crippen molar-refractivity contribution in [2.75, 3.05) is 7.05 Å². The van der Waals surface area contributed by atoms with Crippen LogP contribution in [0.15, 0.2) is 23.1 Å². The van der Waals surface area contributed by atoms with Crippen LogP contribution in [-0.2, 0) is 10.8 Å². The van der Waals surface area contributed by atoms with Gasteiger partial charge in [-0.2, -0.15) is 0 Å². The molecule has 3 unspecified atom stereocenters. The molecule has 0 saturated carbocycles. The van der Waals surface area contributed by atoms with Gasteiger partial charge in [-0.1, -0.05) is 25.1 Å². The average Bonchev–Trinajstić information content (AvgIpc) is 2.52. The fraction of sp³-hybridized carbons (Fsp3) is 0.500. The van der Waals surface area contributed by atoms with Crippen molar-refractivity contribution in [3.63, 3.8) is 0 Å². The normalized spacial score (nSPS) is 29.1. The Morgan fingerprint density at radius 2 is 2.20 bits per heavy atom. The van der Waals surface area contributed by atoms with Crippen molar-refractivity contribution in [3.8, 4) is 0 Å². The lowest BCUT2D eigenvalue weighted by molar-refractivity contribution is 0.552. The Hall–Kier alpha value is -0.670. The summed E-state index contributed by atoms with van der Waals surface area (Å²) in [6.45, 7) is 4.15. The van der Waals surface area contributed by atoms with Crippen LogP contribution in [0.25, 0.3) is 0 Å². The predicted octanol–water partition coefficient (Wildman–Crippen LogP) is 2.16. The molecule has 1 aliphatic heterocycles. The Balaban J connectivity index is 2.56. The van der Waals surface area contributed by atoms with Gasteiger partial charge in [0.15, 0.2) is 0 Å². The van der Waals surface area contributed by atoms with Gasteiger partial charge in [-0.25, -0.2) is 0 Å². The highest BCUT2D eigenvalue weighted by atomic mass is 32.2. The summed E-state index contributed by atoms with van der Waals surface area (Å²) in [5, 5.41) is 3.51. The van der Waals surface area contributed by atoms with Crippen molar-refractivity contribution in [2.24, 2.45) is 0 Å². The van der Waals surface area contributed by atoms with Gasteiger partial charge in [0.05, 0.1) is 16.0 Å². The SMILES string of the molecule is CCC1C(NC)c2cccc(C)c2S1=O. The quantitative estimate of drug-likeness (QED) is 0.832. The van der Waals surface area contributed by atoms with Crippen LogP contribution >= 0.6 is 0 Å². The molecule has 0 saturated heterocycles. The summed E-state index contributed by atoms with van der Waals surface area (Å²) in [5.41, 5.74) is 2.38. The van der Waals surface area contributed by atoms with Gasteiger partial charge in [0.2, 0.25) is 0 Å². The summed E-state index contributed by atoms with van der Waals surface area (Å²) in [7, 11) is 1.11. The molecule has 0 amide bonds. The van der Waals surface area contributed by atoms with Crippen molar-refractivity contribution in [2.45, 2.75) is 36.5 Å². The van der Waals surface area contributed by atoms with Gasteiger partial charge >= 0.3 is 0 Å². The van der Waals surface area contributed by atoms with E-state index in [0.29, 0.717) is 0 Å². The van der Waals surface area contributed by atoms with Crippen LogP contribution in [0.3, 0.4) is 0 Å². The van der Waals surface area contributed by atoms with Gasteiger partial charge in [0.1, 0.15) is 0 Å². The minimum absolute atomic E-state index is 0.228. The average molecular weight is 223 g/mol. The highest BCUT2D eigenvalue weighted by Crippen LogP contribution is 2.39.